The molecule has 0 aliphatic heterocycles. The summed E-state index contributed by atoms with van der Waals surface area (Å²) in [5.74, 6) is 1.70. The van der Waals surface area contributed by atoms with Crippen molar-refractivity contribution in [2.45, 2.75) is 58.6 Å². The topological polar surface area (TPSA) is 21.3 Å². The number of hydrogen-bond acceptors (Lipinski definition) is 2. The van der Waals surface area contributed by atoms with Crippen LogP contribution in [-0.4, -0.2) is 12.6 Å². The molecule has 3 heteroatoms. The van der Waals surface area contributed by atoms with Crippen LogP contribution in [0.25, 0.3) is 0 Å². The van der Waals surface area contributed by atoms with E-state index in [0.29, 0.717) is 18.1 Å². The van der Waals surface area contributed by atoms with Crippen molar-refractivity contribution in [2.75, 3.05) is 6.54 Å². The lowest BCUT2D eigenvalue weighted by Crippen LogP contribution is -2.29. The van der Waals surface area contributed by atoms with E-state index >= 15 is 0 Å². The van der Waals surface area contributed by atoms with E-state index in [1.807, 2.05) is 0 Å². The zero-order valence-corrected chi connectivity index (χ0v) is 14.4. The summed E-state index contributed by atoms with van der Waals surface area (Å²) in [5, 5.41) is 3.48. The molecule has 1 aromatic carbocycles. The highest BCUT2D eigenvalue weighted by Crippen LogP contribution is 2.33. The van der Waals surface area contributed by atoms with Crippen molar-refractivity contribution < 1.29 is 4.74 Å². The van der Waals surface area contributed by atoms with Crippen molar-refractivity contribution in [1.29, 1.82) is 0 Å². The average Bonchev–Trinajstić information content (AvgIpc) is 2.43. The molecule has 1 N–H and O–H groups in total. The molecule has 112 valence electrons. The smallest absolute Gasteiger partial charge is 0.124 e. The number of ether oxygens (including phenoxy) is 1. The quantitative estimate of drug-likeness (QED) is 0.807. The Kier molecular flexibility index (Phi) is 5.91. The molecule has 0 amide bonds. The van der Waals surface area contributed by atoms with Crippen molar-refractivity contribution in [1.82, 2.24) is 5.32 Å². The fourth-order valence-corrected chi connectivity index (χ4v) is 3.38. The second-order valence-corrected chi connectivity index (χ2v) is 6.80. The van der Waals surface area contributed by atoms with Gasteiger partial charge in [0.2, 0.25) is 0 Å². The van der Waals surface area contributed by atoms with Crippen molar-refractivity contribution in [3.8, 4) is 5.75 Å². The Balaban J connectivity index is 2.17. The van der Waals surface area contributed by atoms with Crippen LogP contribution in [0.1, 0.15) is 58.1 Å². The van der Waals surface area contributed by atoms with Crippen molar-refractivity contribution in [3.05, 3.63) is 28.2 Å². The molecule has 0 spiro atoms. The van der Waals surface area contributed by atoms with Crippen LogP contribution >= 0.6 is 15.9 Å². The van der Waals surface area contributed by atoms with Crippen LogP contribution in [0.5, 0.6) is 5.75 Å². The summed E-state index contributed by atoms with van der Waals surface area (Å²) in [6.45, 7) is 7.61. The minimum atomic E-state index is 0.311. The van der Waals surface area contributed by atoms with Gasteiger partial charge in [0, 0.05) is 16.1 Å². The molecule has 1 saturated carbocycles. The second kappa shape index (κ2) is 7.46. The molecule has 3 atom stereocenters. The second-order valence-electron chi connectivity index (χ2n) is 5.88. The zero-order valence-electron chi connectivity index (χ0n) is 12.8. The summed E-state index contributed by atoms with van der Waals surface area (Å²) in [6, 6.07) is 6.67. The molecule has 0 saturated heterocycles. The van der Waals surface area contributed by atoms with Gasteiger partial charge in [-0.2, -0.15) is 0 Å². The van der Waals surface area contributed by atoms with E-state index in [4.69, 9.17) is 4.74 Å². The number of halogens is 1. The summed E-state index contributed by atoms with van der Waals surface area (Å²) < 4.78 is 7.47. The Labute approximate surface area is 131 Å². The first kappa shape index (κ1) is 15.8. The molecule has 1 aliphatic rings. The maximum absolute atomic E-state index is 6.36. The highest BCUT2D eigenvalue weighted by molar-refractivity contribution is 9.10. The van der Waals surface area contributed by atoms with Gasteiger partial charge in [-0.05, 0) is 56.8 Å². The first-order chi connectivity index (χ1) is 9.61. The molecule has 2 nitrogen and oxygen atoms in total. The highest BCUT2D eigenvalue weighted by Gasteiger charge is 2.24. The number of rotatable bonds is 5. The lowest BCUT2D eigenvalue weighted by molar-refractivity contribution is 0.101. The van der Waals surface area contributed by atoms with Gasteiger partial charge in [0.1, 0.15) is 11.9 Å². The highest BCUT2D eigenvalue weighted by atomic mass is 79.9. The molecule has 2 rings (SSSR count). The summed E-state index contributed by atoms with van der Waals surface area (Å²) in [4.78, 5) is 0. The molecule has 0 heterocycles. The maximum atomic E-state index is 6.36. The Morgan fingerprint density at radius 1 is 1.35 bits per heavy atom. The average molecular weight is 340 g/mol. The van der Waals surface area contributed by atoms with Crippen LogP contribution in [0.3, 0.4) is 0 Å². The van der Waals surface area contributed by atoms with E-state index < -0.39 is 0 Å². The van der Waals surface area contributed by atoms with Gasteiger partial charge < -0.3 is 10.1 Å². The minimum Gasteiger partial charge on any atom is -0.490 e. The van der Waals surface area contributed by atoms with Gasteiger partial charge in [-0.15, -0.1) is 0 Å². The van der Waals surface area contributed by atoms with Gasteiger partial charge in [-0.1, -0.05) is 36.2 Å². The van der Waals surface area contributed by atoms with Gasteiger partial charge in [-0.3, -0.25) is 0 Å². The number of hydrogen-bond donors (Lipinski definition) is 1. The third-order valence-electron chi connectivity index (χ3n) is 4.26. The lowest BCUT2D eigenvalue weighted by atomic mass is 9.88. The van der Waals surface area contributed by atoms with Crippen LogP contribution in [-0.2, 0) is 0 Å². The van der Waals surface area contributed by atoms with Gasteiger partial charge in [-0.25, -0.2) is 0 Å². The molecular weight excluding hydrogens is 314 g/mol. The van der Waals surface area contributed by atoms with Crippen molar-refractivity contribution in [2.24, 2.45) is 5.92 Å². The minimum absolute atomic E-state index is 0.311. The third-order valence-corrected chi connectivity index (χ3v) is 4.75. The van der Waals surface area contributed by atoms with Crippen LogP contribution in [0, 0.1) is 5.92 Å². The predicted molar refractivity (Wildman–Crippen MR) is 88.3 cm³/mol. The van der Waals surface area contributed by atoms with Crippen LogP contribution in [0.15, 0.2) is 22.7 Å². The van der Waals surface area contributed by atoms with Gasteiger partial charge in [0.15, 0.2) is 0 Å². The summed E-state index contributed by atoms with van der Waals surface area (Å²) in [5.41, 5.74) is 1.25. The Morgan fingerprint density at radius 2 is 2.10 bits per heavy atom. The maximum Gasteiger partial charge on any atom is 0.124 e. The molecular formula is C17H26BrNO. The van der Waals surface area contributed by atoms with Gasteiger partial charge in [0.05, 0.1) is 0 Å². The lowest BCUT2D eigenvalue weighted by Gasteiger charge is -2.31. The van der Waals surface area contributed by atoms with Crippen LogP contribution < -0.4 is 10.1 Å². The first-order valence-electron chi connectivity index (χ1n) is 7.81. The van der Waals surface area contributed by atoms with Crippen LogP contribution in [0.2, 0.25) is 0 Å². The van der Waals surface area contributed by atoms with E-state index in [2.05, 4.69) is 60.2 Å². The fraction of sp³-hybridized carbons (Fsp3) is 0.647. The summed E-state index contributed by atoms with van der Waals surface area (Å²) >= 11 is 3.57. The van der Waals surface area contributed by atoms with Gasteiger partial charge in [0.25, 0.3) is 0 Å². The molecule has 0 aromatic heterocycles. The summed E-state index contributed by atoms with van der Waals surface area (Å²) in [7, 11) is 0. The summed E-state index contributed by atoms with van der Waals surface area (Å²) in [6.07, 6.45) is 5.49. The molecule has 1 aliphatic carbocycles. The SMILES string of the molecule is CCNC(C)c1cc(Br)ccc1OC1CCCCC1C. The van der Waals surface area contributed by atoms with E-state index in [1.54, 1.807) is 0 Å². The number of benzene rings is 1. The first-order valence-corrected chi connectivity index (χ1v) is 8.60. The predicted octanol–water partition coefficient (Wildman–Crippen LogP) is 5.08. The Hall–Kier alpha value is -0.540. The molecule has 1 fully saturated rings. The van der Waals surface area contributed by atoms with Crippen molar-refractivity contribution in [3.63, 3.8) is 0 Å². The number of nitrogens with one attached hydrogen (secondary N) is 1. The Bertz CT molecular complexity index is 435. The monoisotopic (exact) mass is 339 g/mol. The standard InChI is InChI=1S/C17H26BrNO/c1-4-19-13(3)15-11-14(18)9-10-17(15)20-16-8-6-5-7-12(16)2/h9-13,16,19H,4-8H2,1-3H3. The molecule has 1 aromatic rings. The van der Waals surface area contributed by atoms with Crippen molar-refractivity contribution >= 4 is 15.9 Å². The Morgan fingerprint density at radius 3 is 2.80 bits per heavy atom. The van der Waals surface area contributed by atoms with Gasteiger partial charge >= 0.3 is 0 Å². The van der Waals surface area contributed by atoms with Crippen LogP contribution in [0.4, 0.5) is 0 Å². The van der Waals surface area contributed by atoms with E-state index in [9.17, 15) is 0 Å². The zero-order chi connectivity index (χ0) is 14.5. The largest absolute Gasteiger partial charge is 0.490 e. The molecule has 0 bridgehead atoms. The van der Waals surface area contributed by atoms with E-state index in [0.717, 1.165) is 16.8 Å². The third kappa shape index (κ3) is 3.98. The molecule has 20 heavy (non-hydrogen) atoms. The fourth-order valence-electron chi connectivity index (χ4n) is 3.00. The van der Waals surface area contributed by atoms with E-state index in [-0.39, 0.29) is 0 Å². The normalized spacial score (nSPS) is 24.4. The molecule has 0 radical (unpaired) electrons. The van der Waals surface area contributed by atoms with E-state index in [1.165, 1.54) is 31.2 Å². The molecule has 3 unspecified atom stereocenters.